The van der Waals surface area contributed by atoms with E-state index in [1.807, 2.05) is 22.6 Å². The number of nitrogens with zero attached hydrogens (tertiary/aromatic N) is 2. The Morgan fingerprint density at radius 1 is 1.48 bits per heavy atom. The number of aliphatic imine (C=N–C) groups is 1. The van der Waals surface area contributed by atoms with Gasteiger partial charge in [0.1, 0.15) is 11.5 Å². The molecular weight excluding hydrogens is 484 g/mol. The maximum Gasteiger partial charge on any atom is 0.161 e. The van der Waals surface area contributed by atoms with Crippen molar-refractivity contribution in [1.29, 1.82) is 0 Å². The lowest BCUT2D eigenvalue weighted by Crippen LogP contribution is -2.34. The summed E-state index contributed by atoms with van der Waals surface area (Å²) in [7, 11) is 0. The van der Waals surface area contributed by atoms with Crippen molar-refractivity contribution in [3.63, 3.8) is 0 Å². The first kappa shape index (κ1) is 20.3. The van der Waals surface area contributed by atoms with E-state index >= 15 is 0 Å². The molecule has 2 aromatic heterocycles. The maximum atomic E-state index is 14.4. The number of pyridine rings is 1. The standard InChI is InChI=1S/C18H22ClFIN5O/c19-11-5-12-13(9-25-17(12)24-8-11)16(22)26-18(14(20)6-21)23-7-10-3-1-2-4-15(10)27/h5,8-10,15,23,27H,1-4,6-7H2,(H2,22,26)(H,24,25)/b18-14+. The van der Waals surface area contributed by atoms with Crippen LogP contribution in [0.1, 0.15) is 31.2 Å². The zero-order valence-corrected chi connectivity index (χ0v) is 17.6. The first-order valence-corrected chi connectivity index (χ1v) is 10.7. The molecule has 2 atom stereocenters. The smallest absolute Gasteiger partial charge is 0.161 e. The van der Waals surface area contributed by atoms with E-state index in [1.165, 1.54) is 6.20 Å². The van der Waals surface area contributed by atoms with Gasteiger partial charge in [0, 0.05) is 35.8 Å². The van der Waals surface area contributed by atoms with Crippen molar-refractivity contribution in [2.45, 2.75) is 31.8 Å². The molecule has 9 heteroatoms. The van der Waals surface area contributed by atoms with Crippen LogP contribution in [0.25, 0.3) is 11.0 Å². The summed E-state index contributed by atoms with van der Waals surface area (Å²) < 4.78 is 14.5. The quantitative estimate of drug-likeness (QED) is 0.208. The minimum atomic E-state index is -0.389. The number of nitrogens with two attached hydrogens (primary N) is 1. The van der Waals surface area contributed by atoms with Crippen LogP contribution in [-0.4, -0.2) is 38.0 Å². The lowest BCUT2D eigenvalue weighted by atomic mass is 9.86. The molecule has 27 heavy (non-hydrogen) atoms. The number of aromatic amines is 1. The molecule has 1 aliphatic rings. The first-order valence-electron chi connectivity index (χ1n) is 8.83. The van der Waals surface area contributed by atoms with Crippen molar-refractivity contribution in [1.82, 2.24) is 15.3 Å². The van der Waals surface area contributed by atoms with Crippen LogP contribution >= 0.6 is 34.2 Å². The fourth-order valence-electron chi connectivity index (χ4n) is 3.28. The van der Waals surface area contributed by atoms with Crippen LogP contribution in [0.2, 0.25) is 5.02 Å². The fourth-order valence-corrected chi connectivity index (χ4v) is 3.80. The number of halogens is 3. The van der Waals surface area contributed by atoms with E-state index in [-0.39, 0.29) is 33.9 Å². The predicted octanol–water partition coefficient (Wildman–Crippen LogP) is 3.64. The van der Waals surface area contributed by atoms with Gasteiger partial charge in [0.15, 0.2) is 11.6 Å². The summed E-state index contributed by atoms with van der Waals surface area (Å²) in [5.41, 5.74) is 7.39. The summed E-state index contributed by atoms with van der Waals surface area (Å²) in [4.78, 5) is 11.5. The largest absolute Gasteiger partial charge is 0.393 e. The Hall–Kier alpha value is -1.39. The number of allylic oxidation sites excluding steroid dienone is 1. The molecule has 1 fully saturated rings. The van der Waals surface area contributed by atoms with Gasteiger partial charge in [-0.15, -0.1) is 0 Å². The molecule has 0 amide bonds. The SMILES string of the molecule is N/C(=N\C(NCC1CCCCC1O)=C(\F)CI)c1c[nH]c2ncc(Cl)cc12. The summed E-state index contributed by atoms with van der Waals surface area (Å²) in [5.74, 6) is -0.0378. The molecule has 1 aliphatic carbocycles. The third kappa shape index (κ3) is 4.91. The second kappa shape index (κ2) is 9.20. The highest BCUT2D eigenvalue weighted by atomic mass is 127. The van der Waals surface area contributed by atoms with E-state index in [0.29, 0.717) is 22.8 Å². The van der Waals surface area contributed by atoms with Gasteiger partial charge in [-0.25, -0.2) is 14.4 Å². The molecule has 0 aliphatic heterocycles. The summed E-state index contributed by atoms with van der Waals surface area (Å²) in [6.45, 7) is 0.457. The number of hydrogen-bond acceptors (Lipinski definition) is 4. The van der Waals surface area contributed by atoms with Crippen LogP contribution in [0.5, 0.6) is 0 Å². The number of nitrogens with one attached hydrogen (secondary N) is 2. The van der Waals surface area contributed by atoms with Gasteiger partial charge in [0.2, 0.25) is 0 Å². The second-order valence-electron chi connectivity index (χ2n) is 6.63. The zero-order chi connectivity index (χ0) is 19.4. The van der Waals surface area contributed by atoms with Gasteiger partial charge in [-0.05, 0) is 18.9 Å². The Morgan fingerprint density at radius 2 is 2.26 bits per heavy atom. The maximum absolute atomic E-state index is 14.4. The molecule has 3 rings (SSSR count). The molecule has 0 radical (unpaired) electrons. The minimum Gasteiger partial charge on any atom is -0.393 e. The van der Waals surface area contributed by atoms with Crippen LogP contribution in [0.3, 0.4) is 0 Å². The molecule has 6 nitrogen and oxygen atoms in total. The highest BCUT2D eigenvalue weighted by Crippen LogP contribution is 2.25. The molecule has 0 spiro atoms. The predicted molar refractivity (Wildman–Crippen MR) is 115 cm³/mol. The van der Waals surface area contributed by atoms with E-state index < -0.39 is 0 Å². The van der Waals surface area contributed by atoms with Crippen LogP contribution in [0.4, 0.5) is 4.39 Å². The number of aliphatic hydroxyl groups excluding tert-OH is 1. The molecule has 2 aromatic rings. The number of aliphatic hydroxyl groups is 1. The fraction of sp³-hybridized carbons (Fsp3) is 0.444. The molecule has 5 N–H and O–H groups in total. The Labute approximate surface area is 175 Å². The summed E-state index contributed by atoms with van der Waals surface area (Å²) in [6.07, 6.45) is 6.66. The van der Waals surface area contributed by atoms with E-state index in [9.17, 15) is 9.50 Å². The van der Waals surface area contributed by atoms with E-state index in [2.05, 4.69) is 20.3 Å². The lowest BCUT2D eigenvalue weighted by Gasteiger charge is -2.28. The monoisotopic (exact) mass is 505 g/mol. The van der Waals surface area contributed by atoms with Gasteiger partial charge in [-0.3, -0.25) is 0 Å². The van der Waals surface area contributed by atoms with Crippen LogP contribution in [0.15, 0.2) is 35.1 Å². The Bertz CT molecular complexity index is 869. The average molecular weight is 506 g/mol. The highest BCUT2D eigenvalue weighted by molar-refractivity contribution is 14.1. The molecule has 0 aromatic carbocycles. The second-order valence-corrected chi connectivity index (χ2v) is 7.83. The van der Waals surface area contributed by atoms with Crippen molar-refractivity contribution in [2.75, 3.05) is 11.0 Å². The Kier molecular flexibility index (Phi) is 6.93. The normalized spacial score (nSPS) is 22.0. The summed E-state index contributed by atoms with van der Waals surface area (Å²) in [5, 5.41) is 14.4. The first-order chi connectivity index (χ1) is 13.0. The van der Waals surface area contributed by atoms with Gasteiger partial charge >= 0.3 is 0 Å². The highest BCUT2D eigenvalue weighted by Gasteiger charge is 2.23. The van der Waals surface area contributed by atoms with E-state index in [0.717, 1.165) is 31.1 Å². The number of amidine groups is 1. The number of H-pyrrole nitrogens is 1. The number of rotatable bonds is 6. The summed E-state index contributed by atoms with van der Waals surface area (Å²) >= 11 is 7.96. The lowest BCUT2D eigenvalue weighted by molar-refractivity contribution is 0.0708. The van der Waals surface area contributed by atoms with Crippen molar-refractivity contribution in [2.24, 2.45) is 16.6 Å². The van der Waals surface area contributed by atoms with E-state index in [4.69, 9.17) is 17.3 Å². The van der Waals surface area contributed by atoms with Crippen molar-refractivity contribution >= 4 is 51.1 Å². The summed E-state index contributed by atoms with van der Waals surface area (Å²) in [6, 6.07) is 1.74. The third-order valence-corrected chi connectivity index (χ3v) is 5.66. The van der Waals surface area contributed by atoms with Crippen LogP contribution in [-0.2, 0) is 0 Å². The van der Waals surface area contributed by atoms with Gasteiger partial charge < -0.3 is 21.1 Å². The van der Waals surface area contributed by atoms with E-state index in [1.54, 1.807) is 12.3 Å². The molecule has 1 saturated carbocycles. The van der Waals surface area contributed by atoms with Crippen LogP contribution < -0.4 is 11.1 Å². The molecule has 0 bridgehead atoms. The Balaban J connectivity index is 1.83. The number of alkyl halides is 1. The van der Waals surface area contributed by atoms with Crippen molar-refractivity contribution in [3.8, 4) is 0 Å². The molecular formula is C18H22ClFIN5O. The molecule has 2 unspecified atom stereocenters. The number of hydrogen-bond donors (Lipinski definition) is 4. The van der Waals surface area contributed by atoms with Gasteiger partial charge in [0.25, 0.3) is 0 Å². The zero-order valence-electron chi connectivity index (χ0n) is 14.7. The van der Waals surface area contributed by atoms with Gasteiger partial charge in [-0.1, -0.05) is 47.0 Å². The third-order valence-electron chi connectivity index (χ3n) is 4.78. The topological polar surface area (TPSA) is 99.3 Å². The Morgan fingerprint density at radius 3 is 3.00 bits per heavy atom. The molecule has 0 saturated heterocycles. The minimum absolute atomic E-state index is 0.0864. The van der Waals surface area contributed by atoms with Crippen molar-refractivity contribution < 1.29 is 9.50 Å². The van der Waals surface area contributed by atoms with Crippen LogP contribution in [0, 0.1) is 5.92 Å². The molecule has 146 valence electrons. The average Bonchev–Trinajstić information content (AvgIpc) is 3.08. The van der Waals surface area contributed by atoms with Gasteiger partial charge in [-0.2, -0.15) is 0 Å². The number of aromatic nitrogens is 2. The molecule has 2 heterocycles. The number of fused-ring (bicyclic) bond motifs is 1. The van der Waals surface area contributed by atoms with Gasteiger partial charge in [0.05, 0.1) is 15.6 Å². The van der Waals surface area contributed by atoms with Crippen molar-refractivity contribution in [3.05, 3.63) is 40.7 Å².